The first kappa shape index (κ1) is 15.4. The largest absolute Gasteiger partial charge is 0.348 e. The molecule has 0 unspecified atom stereocenters. The van der Waals surface area contributed by atoms with Crippen LogP contribution in [0.1, 0.15) is 16.6 Å². The van der Waals surface area contributed by atoms with Crippen LogP contribution in [0.3, 0.4) is 0 Å². The van der Waals surface area contributed by atoms with Crippen molar-refractivity contribution < 1.29 is 4.79 Å². The van der Waals surface area contributed by atoms with Gasteiger partial charge in [0.05, 0.1) is 8.66 Å². The Bertz CT molecular complexity index is 326. The van der Waals surface area contributed by atoms with E-state index in [2.05, 4.69) is 37.2 Å². The highest BCUT2D eigenvalue weighted by Crippen LogP contribution is 2.32. The number of carbonyl (C=O) groups is 1. The van der Waals surface area contributed by atoms with E-state index in [1.165, 1.54) is 11.3 Å². The zero-order valence-corrected chi connectivity index (χ0v) is 12.7. The second kappa shape index (κ2) is 6.85. The minimum atomic E-state index is -0.0839. The fraction of sp³-hybridized carbons (Fsp3) is 0.375. The minimum Gasteiger partial charge on any atom is -0.348 e. The lowest BCUT2D eigenvalue weighted by Gasteiger charge is -2.09. The number of halogens is 3. The van der Waals surface area contributed by atoms with Gasteiger partial charge >= 0.3 is 0 Å². The average molecular weight is 379 g/mol. The Morgan fingerprint density at radius 2 is 2.27 bits per heavy atom. The topological polar surface area (TPSA) is 55.1 Å². The zero-order valence-electron chi connectivity index (χ0n) is 7.92. The summed E-state index contributed by atoms with van der Waals surface area (Å²) >= 11 is 8.05. The van der Waals surface area contributed by atoms with Crippen LogP contribution in [0, 0.1) is 0 Å². The van der Waals surface area contributed by atoms with Crippen LogP contribution in [0.5, 0.6) is 0 Å². The molecule has 0 aromatic carbocycles. The van der Waals surface area contributed by atoms with Crippen molar-refractivity contribution in [3.8, 4) is 0 Å². The van der Waals surface area contributed by atoms with Crippen LogP contribution in [0.15, 0.2) is 14.3 Å². The molecule has 1 aromatic heterocycles. The van der Waals surface area contributed by atoms with Crippen LogP contribution < -0.4 is 11.1 Å². The maximum atomic E-state index is 11.6. The summed E-state index contributed by atoms with van der Waals surface area (Å²) in [6.45, 7) is 2.31. The summed E-state index contributed by atoms with van der Waals surface area (Å²) in [5, 5.41) is 2.79. The highest BCUT2D eigenvalue weighted by Gasteiger charge is 2.13. The first-order valence-corrected chi connectivity index (χ1v) is 6.40. The lowest BCUT2D eigenvalue weighted by molar-refractivity contribution is 0.0945. The number of hydrogen-bond acceptors (Lipinski definition) is 3. The minimum absolute atomic E-state index is 0. The van der Waals surface area contributed by atoms with Gasteiger partial charge in [0.25, 0.3) is 5.91 Å². The van der Waals surface area contributed by atoms with E-state index < -0.39 is 0 Å². The summed E-state index contributed by atoms with van der Waals surface area (Å²) in [4.78, 5) is 12.3. The van der Waals surface area contributed by atoms with E-state index in [9.17, 15) is 4.79 Å². The molecule has 0 saturated carbocycles. The molecule has 15 heavy (non-hydrogen) atoms. The first-order valence-electron chi connectivity index (χ1n) is 4.00. The fourth-order valence-electron chi connectivity index (χ4n) is 0.812. The molecule has 0 spiro atoms. The predicted octanol–water partition coefficient (Wildman–Crippen LogP) is 2.77. The molecule has 7 heteroatoms. The fourth-order valence-corrected chi connectivity index (χ4v) is 2.75. The number of amides is 1. The maximum Gasteiger partial charge on any atom is 0.261 e. The van der Waals surface area contributed by atoms with Gasteiger partial charge < -0.3 is 11.1 Å². The van der Waals surface area contributed by atoms with Gasteiger partial charge in [-0.3, -0.25) is 4.79 Å². The quantitative estimate of drug-likeness (QED) is 0.850. The molecule has 1 aromatic rings. The molecule has 1 heterocycles. The molecular formula is C8H11Br2ClN2OS. The van der Waals surface area contributed by atoms with Crippen LogP contribution in [0.4, 0.5) is 0 Å². The highest BCUT2D eigenvalue weighted by atomic mass is 79.9. The van der Waals surface area contributed by atoms with E-state index in [1.807, 2.05) is 6.92 Å². The molecule has 1 rings (SSSR count). The third kappa shape index (κ3) is 4.40. The van der Waals surface area contributed by atoms with E-state index in [-0.39, 0.29) is 24.4 Å². The van der Waals surface area contributed by atoms with Crippen LogP contribution >= 0.6 is 55.6 Å². The molecular weight excluding hydrogens is 367 g/mol. The molecule has 1 amide bonds. The van der Waals surface area contributed by atoms with Crippen LogP contribution in [-0.2, 0) is 0 Å². The summed E-state index contributed by atoms with van der Waals surface area (Å²) in [6.07, 6.45) is 0. The monoisotopic (exact) mass is 376 g/mol. The molecule has 3 N–H and O–H groups in total. The Hall–Kier alpha value is 0.380. The van der Waals surface area contributed by atoms with Crippen molar-refractivity contribution in [2.24, 2.45) is 5.73 Å². The second-order valence-corrected chi connectivity index (χ2v) is 6.07. The number of carbonyl (C=O) groups excluding carboxylic acids is 1. The number of nitrogens with one attached hydrogen (secondary N) is 1. The Balaban J connectivity index is 0.00000196. The Morgan fingerprint density at radius 1 is 1.67 bits per heavy atom. The molecule has 0 aliphatic rings. The summed E-state index contributed by atoms with van der Waals surface area (Å²) < 4.78 is 1.82. The summed E-state index contributed by atoms with van der Waals surface area (Å²) in [5.74, 6) is -0.0839. The standard InChI is InChI=1S/C8H10Br2N2OS.ClH/c1-4(3-11)12-8(13)6-2-5(9)7(10)14-6;/h2,4H,3,11H2,1H3,(H,12,13);1H/t4-;/m0./s1. The number of rotatable bonds is 3. The van der Waals surface area contributed by atoms with Gasteiger partial charge in [0.15, 0.2) is 0 Å². The predicted molar refractivity (Wildman–Crippen MR) is 72.9 cm³/mol. The lowest BCUT2D eigenvalue weighted by atomic mass is 10.3. The molecule has 0 fully saturated rings. The third-order valence-corrected chi connectivity index (χ3v) is 4.85. The molecule has 1 atom stereocenters. The first-order chi connectivity index (χ1) is 6.54. The van der Waals surface area contributed by atoms with Gasteiger partial charge in [-0.15, -0.1) is 23.7 Å². The Morgan fingerprint density at radius 3 is 2.67 bits per heavy atom. The number of thiophene rings is 1. The summed E-state index contributed by atoms with van der Waals surface area (Å²) in [6, 6.07) is 1.79. The summed E-state index contributed by atoms with van der Waals surface area (Å²) in [5.41, 5.74) is 5.40. The van der Waals surface area contributed by atoms with Gasteiger partial charge in [-0.25, -0.2) is 0 Å². The van der Waals surface area contributed by atoms with E-state index in [1.54, 1.807) is 6.07 Å². The van der Waals surface area contributed by atoms with Crippen molar-refractivity contribution in [2.45, 2.75) is 13.0 Å². The third-order valence-electron chi connectivity index (χ3n) is 1.60. The molecule has 0 bridgehead atoms. The zero-order chi connectivity index (χ0) is 10.7. The van der Waals surface area contributed by atoms with Gasteiger partial charge in [0.1, 0.15) is 0 Å². The van der Waals surface area contributed by atoms with Crippen molar-refractivity contribution in [1.82, 2.24) is 5.32 Å². The van der Waals surface area contributed by atoms with Gasteiger partial charge in [-0.05, 0) is 44.8 Å². The normalized spacial score (nSPS) is 11.7. The van der Waals surface area contributed by atoms with E-state index in [0.29, 0.717) is 11.4 Å². The molecule has 0 radical (unpaired) electrons. The van der Waals surface area contributed by atoms with Crippen molar-refractivity contribution in [3.63, 3.8) is 0 Å². The van der Waals surface area contributed by atoms with Crippen molar-refractivity contribution in [3.05, 3.63) is 19.2 Å². The van der Waals surface area contributed by atoms with E-state index >= 15 is 0 Å². The van der Waals surface area contributed by atoms with E-state index in [4.69, 9.17) is 5.73 Å². The Kier molecular flexibility index (Phi) is 7.03. The van der Waals surface area contributed by atoms with Crippen LogP contribution in [0.2, 0.25) is 0 Å². The molecule has 0 aliphatic carbocycles. The van der Waals surface area contributed by atoms with E-state index in [0.717, 1.165) is 8.26 Å². The SMILES string of the molecule is C[C@@H](CN)NC(=O)c1cc(Br)c(Br)s1.Cl. The number of hydrogen-bond donors (Lipinski definition) is 2. The maximum absolute atomic E-state index is 11.6. The van der Waals surface area contributed by atoms with Gasteiger partial charge in [0, 0.05) is 17.1 Å². The highest BCUT2D eigenvalue weighted by molar-refractivity contribution is 9.13. The second-order valence-electron chi connectivity index (χ2n) is 2.84. The van der Waals surface area contributed by atoms with Gasteiger partial charge in [0.2, 0.25) is 0 Å². The molecule has 3 nitrogen and oxygen atoms in total. The summed E-state index contributed by atoms with van der Waals surface area (Å²) in [7, 11) is 0. The lowest BCUT2D eigenvalue weighted by Crippen LogP contribution is -2.37. The van der Waals surface area contributed by atoms with Crippen LogP contribution in [-0.4, -0.2) is 18.5 Å². The van der Waals surface area contributed by atoms with Gasteiger partial charge in [-0.1, -0.05) is 0 Å². The number of nitrogens with two attached hydrogens (primary N) is 1. The smallest absolute Gasteiger partial charge is 0.261 e. The molecule has 0 saturated heterocycles. The van der Waals surface area contributed by atoms with Crippen molar-refractivity contribution >= 4 is 61.5 Å². The Labute approximate surface area is 115 Å². The van der Waals surface area contributed by atoms with Gasteiger partial charge in [-0.2, -0.15) is 0 Å². The van der Waals surface area contributed by atoms with Crippen molar-refractivity contribution in [1.29, 1.82) is 0 Å². The average Bonchev–Trinajstić information content (AvgIpc) is 2.47. The van der Waals surface area contributed by atoms with Crippen LogP contribution in [0.25, 0.3) is 0 Å². The molecule has 86 valence electrons. The molecule has 0 aliphatic heterocycles. The van der Waals surface area contributed by atoms with Crippen molar-refractivity contribution in [2.75, 3.05) is 6.54 Å².